The van der Waals surface area contributed by atoms with Crippen LogP contribution < -0.4 is 5.32 Å². The van der Waals surface area contributed by atoms with Gasteiger partial charge in [0.2, 0.25) is 0 Å². The van der Waals surface area contributed by atoms with Crippen molar-refractivity contribution in [2.24, 2.45) is 5.92 Å². The van der Waals surface area contributed by atoms with E-state index in [2.05, 4.69) is 22.3 Å². The third-order valence-corrected chi connectivity index (χ3v) is 5.23. The Bertz CT molecular complexity index is 629. The Kier molecular flexibility index (Phi) is 6.19. The average Bonchev–Trinajstić information content (AvgIpc) is 3.06. The molecule has 1 aromatic rings. The first kappa shape index (κ1) is 18.1. The van der Waals surface area contributed by atoms with Crippen LogP contribution in [0.4, 0.5) is 5.82 Å². The Balaban J connectivity index is 1.37. The number of pyridine rings is 1. The van der Waals surface area contributed by atoms with Gasteiger partial charge < -0.3 is 5.32 Å². The lowest BCUT2D eigenvalue weighted by atomic mass is 9.98. The normalized spacial score (nSPS) is 20.1. The first-order chi connectivity index (χ1) is 12.1. The number of fused-ring (bicyclic) bond motifs is 1. The highest BCUT2D eigenvalue weighted by molar-refractivity contribution is 5.82. The zero-order valence-electron chi connectivity index (χ0n) is 15.2. The maximum absolute atomic E-state index is 12.3. The molecule has 0 aliphatic carbocycles. The first-order valence-corrected chi connectivity index (χ1v) is 9.59. The first-order valence-electron chi connectivity index (χ1n) is 9.59. The largest absolute Gasteiger partial charge is 0.370 e. The molecule has 0 bridgehead atoms. The van der Waals surface area contributed by atoms with Gasteiger partial charge in [-0.25, -0.2) is 4.98 Å². The van der Waals surface area contributed by atoms with E-state index in [1.807, 2.05) is 0 Å². The summed E-state index contributed by atoms with van der Waals surface area (Å²) in [5.74, 6) is 1.73. The molecule has 0 spiro atoms. The lowest BCUT2D eigenvalue weighted by Crippen LogP contribution is -2.27. The summed E-state index contributed by atoms with van der Waals surface area (Å²) in [6.07, 6.45) is 6.72. The fourth-order valence-corrected chi connectivity index (χ4v) is 3.87. The number of carbonyl (C=O) groups excluding carboxylic acids is 2. The number of nitrogens with one attached hydrogen (secondary N) is 1. The zero-order valence-corrected chi connectivity index (χ0v) is 15.2. The van der Waals surface area contributed by atoms with Gasteiger partial charge in [-0.3, -0.25) is 14.5 Å². The summed E-state index contributed by atoms with van der Waals surface area (Å²) < 4.78 is 0. The van der Waals surface area contributed by atoms with Gasteiger partial charge in [0.05, 0.1) is 6.54 Å². The van der Waals surface area contributed by atoms with Gasteiger partial charge in [-0.15, -0.1) is 0 Å². The second-order valence-corrected chi connectivity index (χ2v) is 7.44. The minimum absolute atomic E-state index is 0.130. The van der Waals surface area contributed by atoms with Crippen molar-refractivity contribution in [3.63, 3.8) is 0 Å². The number of hydrogen-bond donors (Lipinski definition) is 1. The molecule has 136 valence electrons. The van der Waals surface area contributed by atoms with Crippen LogP contribution in [0.3, 0.4) is 0 Å². The molecule has 1 saturated heterocycles. The van der Waals surface area contributed by atoms with E-state index in [1.54, 1.807) is 6.92 Å². The molecule has 2 aliphatic rings. The fourth-order valence-electron chi connectivity index (χ4n) is 3.87. The molecule has 3 heterocycles. The molecule has 0 radical (unpaired) electrons. The van der Waals surface area contributed by atoms with Crippen molar-refractivity contribution < 1.29 is 9.59 Å². The lowest BCUT2D eigenvalue weighted by molar-refractivity contribution is -0.123. The van der Waals surface area contributed by atoms with Gasteiger partial charge in [-0.05, 0) is 63.6 Å². The van der Waals surface area contributed by atoms with Crippen molar-refractivity contribution in [2.75, 3.05) is 31.5 Å². The SMILES string of the molecule is CC(=O)CN1CC[C@H](C(=O)CCCCc2ccc3c(n2)NCCC3)C1. The van der Waals surface area contributed by atoms with Crippen molar-refractivity contribution in [1.29, 1.82) is 0 Å². The molecule has 1 fully saturated rings. The van der Waals surface area contributed by atoms with Gasteiger partial charge in [0.15, 0.2) is 0 Å². The third kappa shape index (κ3) is 5.11. The van der Waals surface area contributed by atoms with Gasteiger partial charge in [0.25, 0.3) is 0 Å². The zero-order chi connectivity index (χ0) is 17.6. The van der Waals surface area contributed by atoms with E-state index in [0.717, 1.165) is 63.3 Å². The Hall–Kier alpha value is -1.75. The maximum Gasteiger partial charge on any atom is 0.143 e. The monoisotopic (exact) mass is 343 g/mol. The van der Waals surface area contributed by atoms with Gasteiger partial charge in [-0.1, -0.05) is 6.07 Å². The van der Waals surface area contributed by atoms with Crippen LogP contribution in [0.25, 0.3) is 0 Å². The molecule has 25 heavy (non-hydrogen) atoms. The van der Waals surface area contributed by atoms with Gasteiger partial charge in [-0.2, -0.15) is 0 Å². The van der Waals surface area contributed by atoms with E-state index in [9.17, 15) is 9.59 Å². The summed E-state index contributed by atoms with van der Waals surface area (Å²) >= 11 is 0. The number of nitrogens with zero attached hydrogens (tertiary/aromatic N) is 2. The molecule has 1 aromatic heterocycles. The molecule has 1 N–H and O–H groups in total. The molecular weight excluding hydrogens is 314 g/mol. The number of anilines is 1. The summed E-state index contributed by atoms with van der Waals surface area (Å²) in [6.45, 7) is 4.75. The number of aryl methyl sites for hydroxylation is 2. The summed E-state index contributed by atoms with van der Waals surface area (Å²) in [5, 5.41) is 3.37. The maximum atomic E-state index is 12.3. The molecule has 0 unspecified atom stereocenters. The minimum atomic E-state index is 0.130. The highest BCUT2D eigenvalue weighted by Gasteiger charge is 2.27. The molecule has 3 rings (SSSR count). The van der Waals surface area contributed by atoms with Crippen LogP contribution in [0.2, 0.25) is 0 Å². The Morgan fingerprint density at radius 2 is 2.20 bits per heavy atom. The molecule has 0 saturated carbocycles. The number of carbonyl (C=O) groups is 2. The van der Waals surface area contributed by atoms with Gasteiger partial charge >= 0.3 is 0 Å². The Morgan fingerprint density at radius 3 is 3.04 bits per heavy atom. The predicted octanol–water partition coefficient (Wildman–Crippen LogP) is 2.63. The van der Waals surface area contributed by atoms with Crippen LogP contribution in [-0.4, -0.2) is 47.6 Å². The second-order valence-electron chi connectivity index (χ2n) is 7.44. The van der Waals surface area contributed by atoms with Crippen molar-refractivity contribution in [2.45, 2.75) is 51.9 Å². The molecule has 1 atom stereocenters. The fraction of sp³-hybridized carbons (Fsp3) is 0.650. The highest BCUT2D eigenvalue weighted by Crippen LogP contribution is 2.22. The number of rotatable bonds is 8. The number of unbranched alkanes of at least 4 members (excludes halogenated alkanes) is 1. The standard InChI is InChI=1S/C20H29N3O2/c1-15(24)13-23-12-10-17(14-23)19(25)7-3-2-6-18-9-8-16-5-4-11-21-20(16)22-18/h8-9,17H,2-7,10-14H2,1H3,(H,21,22)/t17-/m0/s1. The number of hydrogen-bond acceptors (Lipinski definition) is 5. The second kappa shape index (κ2) is 8.56. The van der Waals surface area contributed by atoms with Crippen LogP contribution in [0, 0.1) is 5.92 Å². The Labute approximate surface area is 150 Å². The lowest BCUT2D eigenvalue weighted by Gasteiger charge is -2.17. The van der Waals surface area contributed by atoms with Crippen molar-refractivity contribution >= 4 is 17.4 Å². The van der Waals surface area contributed by atoms with E-state index < -0.39 is 0 Å². The van der Waals surface area contributed by atoms with Gasteiger partial charge in [0, 0.05) is 31.1 Å². The van der Waals surface area contributed by atoms with Crippen molar-refractivity contribution in [1.82, 2.24) is 9.88 Å². The van der Waals surface area contributed by atoms with Crippen LogP contribution in [0.1, 0.15) is 50.3 Å². The van der Waals surface area contributed by atoms with E-state index in [0.29, 0.717) is 18.7 Å². The van der Waals surface area contributed by atoms with E-state index in [4.69, 9.17) is 4.98 Å². The number of likely N-dealkylation sites (tertiary alicyclic amines) is 1. The Morgan fingerprint density at radius 1 is 1.32 bits per heavy atom. The van der Waals surface area contributed by atoms with Crippen LogP contribution >= 0.6 is 0 Å². The van der Waals surface area contributed by atoms with Gasteiger partial charge in [0.1, 0.15) is 17.4 Å². The van der Waals surface area contributed by atoms with E-state index in [-0.39, 0.29) is 11.7 Å². The molecule has 2 aliphatic heterocycles. The quantitative estimate of drug-likeness (QED) is 0.735. The van der Waals surface area contributed by atoms with Crippen LogP contribution in [0.5, 0.6) is 0 Å². The molecule has 5 nitrogen and oxygen atoms in total. The number of aromatic nitrogens is 1. The molecular formula is C20H29N3O2. The van der Waals surface area contributed by atoms with Crippen molar-refractivity contribution in [3.05, 3.63) is 23.4 Å². The van der Waals surface area contributed by atoms with E-state index in [1.165, 1.54) is 12.0 Å². The van der Waals surface area contributed by atoms with E-state index >= 15 is 0 Å². The van der Waals surface area contributed by atoms with Crippen molar-refractivity contribution in [3.8, 4) is 0 Å². The van der Waals surface area contributed by atoms with Crippen LogP contribution in [0.15, 0.2) is 12.1 Å². The molecule has 0 aromatic carbocycles. The summed E-state index contributed by atoms with van der Waals surface area (Å²) in [4.78, 5) is 30.3. The summed E-state index contributed by atoms with van der Waals surface area (Å²) in [5.41, 5.74) is 2.44. The summed E-state index contributed by atoms with van der Waals surface area (Å²) in [6, 6.07) is 4.32. The van der Waals surface area contributed by atoms with Crippen LogP contribution in [-0.2, 0) is 22.4 Å². The molecule has 5 heteroatoms. The summed E-state index contributed by atoms with van der Waals surface area (Å²) in [7, 11) is 0. The highest BCUT2D eigenvalue weighted by atomic mass is 16.1. The predicted molar refractivity (Wildman–Crippen MR) is 98.8 cm³/mol. The average molecular weight is 343 g/mol. The third-order valence-electron chi connectivity index (χ3n) is 5.23. The number of ketones is 2. The minimum Gasteiger partial charge on any atom is -0.370 e. The smallest absolute Gasteiger partial charge is 0.143 e. The number of Topliss-reactive ketones (excluding diaryl/α,β-unsaturated/α-hetero) is 2. The molecule has 0 amide bonds. The topological polar surface area (TPSA) is 62.3 Å².